The van der Waals surface area contributed by atoms with E-state index in [0.29, 0.717) is 0 Å². The van der Waals surface area contributed by atoms with Gasteiger partial charge in [0, 0.05) is 24.8 Å². The molecule has 0 bridgehead atoms. The summed E-state index contributed by atoms with van der Waals surface area (Å²) in [4.78, 5) is 24.4. The van der Waals surface area contributed by atoms with Crippen molar-refractivity contribution in [3.05, 3.63) is 42.0 Å². The quantitative estimate of drug-likeness (QED) is 0.550. The van der Waals surface area contributed by atoms with Crippen LogP contribution >= 0.6 is 0 Å². The number of methoxy groups -OCH3 is 1. The molecule has 4 rings (SSSR count). The smallest absolute Gasteiger partial charge is 0.495 e. The fourth-order valence-corrected chi connectivity index (χ4v) is 4.96. The van der Waals surface area contributed by atoms with Crippen LogP contribution < -0.4 is 19.5 Å². The lowest BCUT2D eigenvalue weighted by atomic mass is 10.2. The SMILES string of the molecule is COc1ccc(C(=O)OCC(=O)Nc2ccc3c(c2)OC(F)(F)O3)cc1S(=O)(=O)N1CCOCC1. The third-order valence-corrected chi connectivity index (χ3v) is 6.93. The van der Waals surface area contributed by atoms with Crippen LogP contribution in [0.25, 0.3) is 0 Å². The van der Waals surface area contributed by atoms with Crippen molar-refractivity contribution in [1.82, 2.24) is 4.31 Å². The van der Waals surface area contributed by atoms with E-state index in [1.165, 1.54) is 35.7 Å². The van der Waals surface area contributed by atoms with Gasteiger partial charge in [-0.2, -0.15) is 4.31 Å². The second-order valence-electron chi connectivity index (χ2n) is 7.34. The zero-order chi connectivity index (χ0) is 25.2. The second-order valence-corrected chi connectivity index (χ2v) is 9.24. The number of sulfonamides is 1. The highest BCUT2D eigenvalue weighted by Crippen LogP contribution is 2.42. The summed E-state index contributed by atoms with van der Waals surface area (Å²) in [6.45, 7) is 0.0606. The maximum atomic E-state index is 13.1. The lowest BCUT2D eigenvalue weighted by molar-refractivity contribution is -0.286. The number of carbonyl (C=O) groups excluding carboxylic acids is 2. The molecule has 0 aromatic heterocycles. The Labute approximate surface area is 198 Å². The summed E-state index contributed by atoms with van der Waals surface area (Å²) in [6, 6.07) is 7.34. The van der Waals surface area contributed by atoms with Crippen molar-refractivity contribution in [1.29, 1.82) is 0 Å². The summed E-state index contributed by atoms with van der Waals surface area (Å²) in [5, 5.41) is 2.37. The highest BCUT2D eigenvalue weighted by molar-refractivity contribution is 7.89. The number of carbonyl (C=O) groups is 2. The molecule has 1 saturated heterocycles. The zero-order valence-corrected chi connectivity index (χ0v) is 19.1. The lowest BCUT2D eigenvalue weighted by Crippen LogP contribution is -2.40. The van der Waals surface area contributed by atoms with Crippen molar-refractivity contribution in [2.45, 2.75) is 11.2 Å². The van der Waals surface area contributed by atoms with Gasteiger partial charge in [0.2, 0.25) is 10.0 Å². The van der Waals surface area contributed by atoms with Crippen LogP contribution in [0.15, 0.2) is 41.3 Å². The number of hydrogen-bond acceptors (Lipinski definition) is 9. The Kier molecular flexibility index (Phi) is 6.78. The minimum Gasteiger partial charge on any atom is -0.495 e. The van der Waals surface area contributed by atoms with Crippen LogP contribution in [0.4, 0.5) is 14.5 Å². The largest absolute Gasteiger partial charge is 0.586 e. The van der Waals surface area contributed by atoms with E-state index < -0.39 is 34.8 Å². The van der Waals surface area contributed by atoms with E-state index >= 15 is 0 Å². The number of benzene rings is 2. The number of halogens is 2. The van der Waals surface area contributed by atoms with Crippen molar-refractivity contribution in [2.24, 2.45) is 0 Å². The molecule has 1 N–H and O–H groups in total. The average Bonchev–Trinajstić information content (AvgIpc) is 3.15. The number of esters is 1. The Morgan fingerprint density at radius 3 is 2.51 bits per heavy atom. The van der Waals surface area contributed by atoms with Gasteiger partial charge in [-0.05, 0) is 30.3 Å². The third kappa shape index (κ3) is 5.44. The van der Waals surface area contributed by atoms with E-state index in [1.807, 2.05) is 0 Å². The molecule has 2 aliphatic heterocycles. The van der Waals surface area contributed by atoms with E-state index in [0.717, 1.165) is 12.1 Å². The molecule has 1 amide bonds. The minimum atomic E-state index is -3.98. The van der Waals surface area contributed by atoms with E-state index in [1.54, 1.807) is 0 Å². The van der Waals surface area contributed by atoms with Crippen LogP contribution in [0, 0.1) is 0 Å². The summed E-state index contributed by atoms with van der Waals surface area (Å²) < 4.78 is 77.4. The predicted octanol–water partition coefficient (Wildman–Crippen LogP) is 1.83. The lowest BCUT2D eigenvalue weighted by Gasteiger charge is -2.26. The topological polar surface area (TPSA) is 130 Å². The van der Waals surface area contributed by atoms with E-state index in [2.05, 4.69) is 14.8 Å². The first kappa shape index (κ1) is 24.6. The summed E-state index contributed by atoms with van der Waals surface area (Å²) in [5.41, 5.74) is -0.00909. The molecule has 11 nitrogen and oxygen atoms in total. The van der Waals surface area contributed by atoms with Crippen molar-refractivity contribution >= 4 is 27.6 Å². The van der Waals surface area contributed by atoms with Crippen LogP contribution in [0.3, 0.4) is 0 Å². The Bertz CT molecular complexity index is 1250. The highest BCUT2D eigenvalue weighted by atomic mass is 32.2. The number of fused-ring (bicyclic) bond motifs is 1. The number of alkyl halides is 2. The van der Waals surface area contributed by atoms with Gasteiger partial charge in [-0.25, -0.2) is 13.2 Å². The zero-order valence-electron chi connectivity index (χ0n) is 18.3. The number of morpholine rings is 1. The van der Waals surface area contributed by atoms with Gasteiger partial charge in [-0.1, -0.05) is 0 Å². The number of anilines is 1. The van der Waals surface area contributed by atoms with Gasteiger partial charge in [0.15, 0.2) is 18.1 Å². The average molecular weight is 514 g/mol. The fraction of sp³-hybridized carbons (Fsp3) is 0.333. The van der Waals surface area contributed by atoms with Crippen molar-refractivity contribution < 1.29 is 50.5 Å². The van der Waals surface area contributed by atoms with E-state index in [-0.39, 0.29) is 59.7 Å². The molecule has 0 aliphatic carbocycles. The molecule has 2 heterocycles. The third-order valence-electron chi connectivity index (χ3n) is 5.01. The highest BCUT2D eigenvalue weighted by Gasteiger charge is 2.43. The van der Waals surface area contributed by atoms with Gasteiger partial charge < -0.3 is 29.0 Å². The van der Waals surface area contributed by atoms with E-state index in [4.69, 9.17) is 14.2 Å². The number of ether oxygens (including phenoxy) is 5. The number of hydrogen-bond donors (Lipinski definition) is 1. The molecule has 2 aliphatic rings. The van der Waals surface area contributed by atoms with Crippen LogP contribution in [0.2, 0.25) is 0 Å². The predicted molar refractivity (Wildman–Crippen MR) is 114 cm³/mol. The molecule has 2 aromatic rings. The summed E-state index contributed by atoms with van der Waals surface area (Å²) >= 11 is 0. The first-order chi connectivity index (χ1) is 16.6. The van der Waals surface area contributed by atoms with Crippen LogP contribution in [-0.4, -0.2) is 70.9 Å². The van der Waals surface area contributed by atoms with Crippen molar-refractivity contribution in [3.8, 4) is 17.2 Å². The van der Waals surface area contributed by atoms with E-state index in [9.17, 15) is 26.8 Å². The van der Waals surface area contributed by atoms with Gasteiger partial charge in [0.05, 0.1) is 25.9 Å². The van der Waals surface area contributed by atoms with Crippen molar-refractivity contribution in [3.63, 3.8) is 0 Å². The molecule has 0 atom stereocenters. The second kappa shape index (κ2) is 9.64. The number of amides is 1. The molecule has 2 aromatic carbocycles. The molecule has 14 heteroatoms. The number of nitrogens with zero attached hydrogens (tertiary/aromatic N) is 1. The molecule has 0 unspecified atom stereocenters. The van der Waals surface area contributed by atoms with Crippen LogP contribution in [0.5, 0.6) is 17.2 Å². The molecule has 0 spiro atoms. The number of rotatable bonds is 7. The van der Waals surface area contributed by atoms with Gasteiger partial charge in [0.1, 0.15) is 10.6 Å². The molecule has 188 valence electrons. The van der Waals surface area contributed by atoms with Crippen LogP contribution in [0.1, 0.15) is 10.4 Å². The Morgan fingerprint density at radius 1 is 1.09 bits per heavy atom. The van der Waals surface area contributed by atoms with Crippen molar-refractivity contribution in [2.75, 3.05) is 45.3 Å². The Hall–Kier alpha value is -3.49. The number of nitrogens with one attached hydrogen (secondary N) is 1. The molecule has 35 heavy (non-hydrogen) atoms. The fourth-order valence-electron chi connectivity index (χ4n) is 3.37. The first-order valence-corrected chi connectivity index (χ1v) is 11.7. The molecule has 1 fully saturated rings. The maximum Gasteiger partial charge on any atom is 0.586 e. The molecule has 0 radical (unpaired) electrons. The van der Waals surface area contributed by atoms with Gasteiger partial charge in [0.25, 0.3) is 5.91 Å². The minimum absolute atomic E-state index is 0.0409. The van der Waals surface area contributed by atoms with Gasteiger partial charge in [-0.3, -0.25) is 4.79 Å². The summed E-state index contributed by atoms with van der Waals surface area (Å²) in [6.07, 6.45) is -3.80. The normalized spacial score (nSPS) is 17.0. The molecule has 0 saturated carbocycles. The van der Waals surface area contributed by atoms with Gasteiger partial charge in [-0.15, -0.1) is 8.78 Å². The maximum absolute atomic E-state index is 13.1. The summed E-state index contributed by atoms with van der Waals surface area (Å²) in [5.74, 6) is -2.14. The molecular weight excluding hydrogens is 494 g/mol. The Morgan fingerprint density at radius 2 is 1.80 bits per heavy atom. The monoisotopic (exact) mass is 514 g/mol. The van der Waals surface area contributed by atoms with Gasteiger partial charge >= 0.3 is 12.3 Å². The standard InChI is InChI=1S/C21H20F2N2O9S/c1-30-16-4-2-13(10-18(16)35(28,29)25-6-8-31-9-7-25)20(27)32-12-19(26)24-14-3-5-15-17(11-14)34-21(22,23)33-15/h2-5,10-11H,6-9,12H2,1H3,(H,24,26). The Balaban J connectivity index is 1.41. The van der Waals surface area contributed by atoms with Crippen LogP contribution in [-0.2, 0) is 24.3 Å². The summed E-state index contributed by atoms with van der Waals surface area (Å²) in [7, 11) is -2.68. The first-order valence-electron chi connectivity index (χ1n) is 10.2. The molecular formula is C21H20F2N2O9S.